The van der Waals surface area contributed by atoms with Crippen LogP contribution in [0.4, 0.5) is 0 Å². The Morgan fingerprint density at radius 1 is 0.880 bits per heavy atom. The summed E-state index contributed by atoms with van der Waals surface area (Å²) in [5.74, 6) is 1.34. The lowest BCUT2D eigenvalue weighted by molar-refractivity contribution is 0.528. The Labute approximate surface area is 152 Å². The van der Waals surface area contributed by atoms with Crippen molar-refractivity contribution in [3.05, 3.63) is 65.9 Å². The van der Waals surface area contributed by atoms with Crippen LogP contribution in [0.25, 0.3) is 31.4 Å². The van der Waals surface area contributed by atoms with Gasteiger partial charge in [-0.3, -0.25) is 4.98 Å². The molecule has 1 aliphatic rings. The smallest absolute Gasteiger partial charge is 0.0880 e. The van der Waals surface area contributed by atoms with Crippen LogP contribution in [0.3, 0.4) is 0 Å². The van der Waals surface area contributed by atoms with Crippen molar-refractivity contribution in [1.82, 2.24) is 4.98 Å². The van der Waals surface area contributed by atoms with Crippen LogP contribution >= 0.6 is 11.3 Å². The van der Waals surface area contributed by atoms with E-state index >= 15 is 0 Å². The Hall–Kier alpha value is -2.19. The molecule has 0 aliphatic heterocycles. The second-order valence-electron chi connectivity index (χ2n) is 7.36. The fourth-order valence-corrected chi connectivity index (χ4v) is 5.49. The number of hydrogen-bond acceptors (Lipinski definition) is 2. The number of thiophene rings is 1. The van der Waals surface area contributed by atoms with Gasteiger partial charge in [-0.05, 0) is 54.0 Å². The van der Waals surface area contributed by atoms with Gasteiger partial charge in [-0.1, -0.05) is 44.2 Å². The van der Waals surface area contributed by atoms with E-state index in [0.717, 1.165) is 5.69 Å². The zero-order chi connectivity index (χ0) is 17.0. The number of hydrogen-bond donors (Lipinski definition) is 0. The van der Waals surface area contributed by atoms with Crippen molar-refractivity contribution in [2.75, 3.05) is 0 Å². The second kappa shape index (κ2) is 5.67. The van der Waals surface area contributed by atoms with E-state index in [0.29, 0.717) is 11.8 Å². The highest BCUT2D eigenvalue weighted by atomic mass is 32.1. The molecule has 2 heterocycles. The maximum atomic E-state index is 4.71. The van der Waals surface area contributed by atoms with E-state index in [9.17, 15) is 0 Å². The standard InChI is InChI=1S/C23H21NS/c1-14-8-9-15(2)19-13-21-20(12-18(14)19)17-10-11-24-22(23(17)25-21)16-6-4-3-5-7-16/h3-7,10-15H,8-9H2,1-2H3. The average Bonchev–Trinajstić information content (AvgIpc) is 3.02. The predicted octanol–water partition coefficient (Wildman–Crippen LogP) is 7.12. The van der Waals surface area contributed by atoms with Crippen molar-refractivity contribution in [2.24, 2.45) is 0 Å². The first-order chi connectivity index (χ1) is 12.2. The molecule has 0 amide bonds. The summed E-state index contributed by atoms with van der Waals surface area (Å²) in [4.78, 5) is 4.71. The highest BCUT2D eigenvalue weighted by molar-refractivity contribution is 7.26. The maximum Gasteiger partial charge on any atom is 0.0880 e. The van der Waals surface area contributed by atoms with Crippen LogP contribution < -0.4 is 0 Å². The van der Waals surface area contributed by atoms with Crippen LogP contribution in [0, 0.1) is 0 Å². The minimum atomic E-state index is 0.668. The topological polar surface area (TPSA) is 12.9 Å². The van der Waals surface area contributed by atoms with Crippen LogP contribution in [0.2, 0.25) is 0 Å². The molecule has 0 saturated carbocycles. The first-order valence-electron chi connectivity index (χ1n) is 9.13. The van der Waals surface area contributed by atoms with Crippen molar-refractivity contribution in [3.63, 3.8) is 0 Å². The van der Waals surface area contributed by atoms with Gasteiger partial charge in [0.2, 0.25) is 0 Å². The SMILES string of the molecule is CC1CCC(C)c2cc3c(cc21)sc1c(-c2ccccc2)nccc13. The molecular weight excluding hydrogens is 322 g/mol. The van der Waals surface area contributed by atoms with E-state index in [1.54, 1.807) is 11.1 Å². The number of benzene rings is 2. The molecule has 0 spiro atoms. The summed E-state index contributed by atoms with van der Waals surface area (Å²) in [5, 5.41) is 2.75. The molecule has 0 bridgehead atoms. The quantitative estimate of drug-likeness (QED) is 0.358. The van der Waals surface area contributed by atoms with E-state index in [2.05, 4.69) is 62.4 Å². The Morgan fingerprint density at radius 3 is 2.36 bits per heavy atom. The number of rotatable bonds is 1. The van der Waals surface area contributed by atoms with Crippen molar-refractivity contribution >= 4 is 31.5 Å². The maximum absolute atomic E-state index is 4.71. The summed E-state index contributed by atoms with van der Waals surface area (Å²) in [6.45, 7) is 4.75. The van der Waals surface area contributed by atoms with Gasteiger partial charge in [-0.2, -0.15) is 0 Å². The molecule has 2 aromatic carbocycles. The lowest BCUT2D eigenvalue weighted by atomic mass is 9.78. The van der Waals surface area contributed by atoms with E-state index in [1.807, 2.05) is 17.5 Å². The molecular formula is C23H21NS. The molecule has 1 nitrogen and oxygen atoms in total. The van der Waals surface area contributed by atoms with E-state index in [1.165, 1.54) is 38.6 Å². The molecule has 2 atom stereocenters. The predicted molar refractivity (Wildman–Crippen MR) is 109 cm³/mol. The summed E-state index contributed by atoms with van der Waals surface area (Å²) < 4.78 is 2.71. The minimum Gasteiger partial charge on any atom is -0.255 e. The van der Waals surface area contributed by atoms with Crippen LogP contribution in [0.1, 0.15) is 49.7 Å². The molecule has 25 heavy (non-hydrogen) atoms. The van der Waals surface area contributed by atoms with Gasteiger partial charge in [0, 0.05) is 27.2 Å². The molecule has 0 fully saturated rings. The molecule has 0 radical (unpaired) electrons. The average molecular weight is 343 g/mol. The molecule has 0 saturated heterocycles. The van der Waals surface area contributed by atoms with Gasteiger partial charge in [-0.25, -0.2) is 0 Å². The summed E-state index contributed by atoms with van der Waals surface area (Å²) in [6.07, 6.45) is 4.57. The Balaban J connectivity index is 1.82. The van der Waals surface area contributed by atoms with Gasteiger partial charge >= 0.3 is 0 Å². The molecule has 124 valence electrons. The molecule has 2 unspecified atom stereocenters. The third-order valence-electron chi connectivity index (χ3n) is 5.73. The van der Waals surface area contributed by atoms with Crippen molar-refractivity contribution < 1.29 is 0 Å². The third kappa shape index (κ3) is 2.31. The van der Waals surface area contributed by atoms with E-state index in [-0.39, 0.29) is 0 Å². The minimum absolute atomic E-state index is 0.668. The highest BCUT2D eigenvalue weighted by Crippen LogP contribution is 2.45. The first-order valence-corrected chi connectivity index (χ1v) is 9.94. The zero-order valence-electron chi connectivity index (χ0n) is 14.6. The molecule has 2 heteroatoms. The monoisotopic (exact) mass is 343 g/mol. The second-order valence-corrected chi connectivity index (χ2v) is 8.41. The van der Waals surface area contributed by atoms with E-state index in [4.69, 9.17) is 4.98 Å². The number of fused-ring (bicyclic) bond motifs is 4. The molecule has 0 N–H and O–H groups in total. The van der Waals surface area contributed by atoms with Gasteiger partial charge in [0.25, 0.3) is 0 Å². The summed E-state index contributed by atoms with van der Waals surface area (Å²) in [5.41, 5.74) is 5.43. The number of pyridine rings is 1. The Kier molecular flexibility index (Phi) is 3.42. The van der Waals surface area contributed by atoms with Crippen molar-refractivity contribution in [3.8, 4) is 11.3 Å². The molecule has 4 aromatic rings. The number of aromatic nitrogens is 1. The van der Waals surface area contributed by atoms with Crippen LogP contribution in [0.5, 0.6) is 0 Å². The van der Waals surface area contributed by atoms with Gasteiger partial charge in [0.15, 0.2) is 0 Å². The van der Waals surface area contributed by atoms with Gasteiger partial charge in [-0.15, -0.1) is 11.3 Å². The lowest BCUT2D eigenvalue weighted by Crippen LogP contribution is -2.10. The summed E-state index contributed by atoms with van der Waals surface area (Å²) in [7, 11) is 0. The van der Waals surface area contributed by atoms with Gasteiger partial charge in [0.1, 0.15) is 0 Å². The highest BCUT2D eigenvalue weighted by Gasteiger charge is 2.23. The Bertz CT molecular complexity index is 1080. The lowest BCUT2D eigenvalue weighted by Gasteiger charge is -2.27. The Morgan fingerprint density at radius 2 is 1.60 bits per heavy atom. The summed E-state index contributed by atoms with van der Waals surface area (Å²) in [6, 6.07) is 17.7. The number of nitrogens with zero attached hydrogens (tertiary/aromatic N) is 1. The molecule has 1 aliphatic carbocycles. The molecule has 2 aromatic heterocycles. The normalized spacial score (nSPS) is 20.1. The van der Waals surface area contributed by atoms with Crippen LogP contribution in [-0.2, 0) is 0 Å². The van der Waals surface area contributed by atoms with Crippen molar-refractivity contribution in [2.45, 2.75) is 38.5 Å². The molecule has 5 rings (SSSR count). The summed E-state index contributed by atoms with van der Waals surface area (Å²) >= 11 is 1.90. The van der Waals surface area contributed by atoms with E-state index < -0.39 is 0 Å². The van der Waals surface area contributed by atoms with Crippen molar-refractivity contribution in [1.29, 1.82) is 0 Å². The third-order valence-corrected chi connectivity index (χ3v) is 6.91. The fourth-order valence-electron chi connectivity index (χ4n) is 4.25. The van der Waals surface area contributed by atoms with Gasteiger partial charge in [0.05, 0.1) is 10.4 Å². The van der Waals surface area contributed by atoms with Crippen LogP contribution in [0.15, 0.2) is 54.7 Å². The van der Waals surface area contributed by atoms with Gasteiger partial charge < -0.3 is 0 Å². The largest absolute Gasteiger partial charge is 0.255 e. The van der Waals surface area contributed by atoms with Crippen LogP contribution in [-0.4, -0.2) is 4.98 Å². The fraction of sp³-hybridized carbons (Fsp3) is 0.261. The zero-order valence-corrected chi connectivity index (χ0v) is 15.4. The first kappa shape index (κ1) is 15.1.